The molecule has 0 bridgehead atoms. The zero-order valence-corrected chi connectivity index (χ0v) is 10.4. The molecule has 0 aliphatic heterocycles. The monoisotopic (exact) mass is 250 g/mol. The van der Waals surface area contributed by atoms with E-state index >= 15 is 0 Å². The molecular formula is C16H14N2O. The topological polar surface area (TPSA) is 52.0 Å². The second-order valence-electron chi connectivity index (χ2n) is 4.37. The number of anilines is 1. The lowest BCUT2D eigenvalue weighted by Crippen LogP contribution is -1.97. The van der Waals surface area contributed by atoms with Crippen molar-refractivity contribution in [2.24, 2.45) is 0 Å². The van der Waals surface area contributed by atoms with Gasteiger partial charge in [0.25, 0.3) is 0 Å². The Morgan fingerprint density at radius 1 is 0.947 bits per heavy atom. The summed E-state index contributed by atoms with van der Waals surface area (Å²) in [6.07, 6.45) is 2.42. The number of aromatic nitrogens is 1. The van der Waals surface area contributed by atoms with Crippen LogP contribution in [0.3, 0.4) is 0 Å². The highest BCUT2D eigenvalue weighted by atomic mass is 16.3. The van der Waals surface area contributed by atoms with Crippen LogP contribution in [-0.4, -0.2) is 4.98 Å². The van der Waals surface area contributed by atoms with Gasteiger partial charge in [0.05, 0.1) is 6.26 Å². The molecule has 3 aromatic rings. The number of rotatable bonds is 3. The van der Waals surface area contributed by atoms with E-state index in [9.17, 15) is 0 Å². The van der Waals surface area contributed by atoms with Gasteiger partial charge >= 0.3 is 0 Å². The molecule has 0 amide bonds. The summed E-state index contributed by atoms with van der Waals surface area (Å²) < 4.78 is 5.48. The molecule has 2 heterocycles. The largest absolute Gasteiger partial charge is 0.464 e. The third kappa shape index (κ3) is 2.50. The van der Waals surface area contributed by atoms with Crippen LogP contribution >= 0.6 is 0 Å². The van der Waals surface area contributed by atoms with Crippen LogP contribution in [0.5, 0.6) is 0 Å². The molecule has 3 rings (SSSR count). The highest BCUT2D eigenvalue weighted by Gasteiger charge is 2.08. The van der Waals surface area contributed by atoms with Crippen LogP contribution in [0.4, 0.5) is 5.82 Å². The summed E-state index contributed by atoms with van der Waals surface area (Å²) in [4.78, 5) is 4.34. The normalized spacial score (nSPS) is 10.5. The fourth-order valence-corrected chi connectivity index (χ4v) is 2.14. The summed E-state index contributed by atoms with van der Waals surface area (Å²) in [5.74, 6) is 1.42. The SMILES string of the molecule is Nc1cccc(Cc2ccccc2-c2ccco2)n1. The van der Waals surface area contributed by atoms with E-state index in [1.807, 2.05) is 36.4 Å². The minimum absolute atomic E-state index is 0.549. The lowest BCUT2D eigenvalue weighted by molar-refractivity contribution is 0.581. The van der Waals surface area contributed by atoms with Crippen LogP contribution in [0, 0.1) is 0 Å². The first-order valence-electron chi connectivity index (χ1n) is 6.16. The number of hydrogen-bond donors (Lipinski definition) is 1. The lowest BCUT2D eigenvalue weighted by Gasteiger charge is -2.07. The Kier molecular flexibility index (Phi) is 3.02. The van der Waals surface area contributed by atoms with E-state index in [4.69, 9.17) is 10.2 Å². The zero-order chi connectivity index (χ0) is 13.1. The van der Waals surface area contributed by atoms with Gasteiger partial charge in [0.2, 0.25) is 0 Å². The first-order valence-corrected chi connectivity index (χ1v) is 6.16. The van der Waals surface area contributed by atoms with Gasteiger partial charge in [-0.25, -0.2) is 4.98 Å². The lowest BCUT2D eigenvalue weighted by atomic mass is 10.0. The van der Waals surface area contributed by atoms with Crippen molar-refractivity contribution in [3.8, 4) is 11.3 Å². The number of hydrogen-bond acceptors (Lipinski definition) is 3. The number of nitrogen functional groups attached to an aromatic ring is 1. The van der Waals surface area contributed by atoms with Crippen molar-refractivity contribution in [1.82, 2.24) is 4.98 Å². The van der Waals surface area contributed by atoms with Gasteiger partial charge in [0, 0.05) is 17.7 Å². The molecule has 0 saturated carbocycles. The van der Waals surface area contributed by atoms with E-state index in [1.54, 1.807) is 12.3 Å². The highest BCUT2D eigenvalue weighted by Crippen LogP contribution is 2.25. The molecule has 19 heavy (non-hydrogen) atoms. The molecule has 0 saturated heterocycles. The third-order valence-electron chi connectivity index (χ3n) is 3.00. The molecule has 3 nitrogen and oxygen atoms in total. The van der Waals surface area contributed by atoms with Gasteiger partial charge in [-0.1, -0.05) is 30.3 Å². The fourth-order valence-electron chi connectivity index (χ4n) is 2.14. The molecular weight excluding hydrogens is 236 g/mol. The van der Waals surface area contributed by atoms with Crippen LogP contribution in [-0.2, 0) is 6.42 Å². The van der Waals surface area contributed by atoms with Gasteiger partial charge in [-0.2, -0.15) is 0 Å². The maximum atomic E-state index is 5.72. The summed E-state index contributed by atoms with van der Waals surface area (Å²) in [7, 11) is 0. The van der Waals surface area contributed by atoms with Crippen LogP contribution in [0.15, 0.2) is 65.3 Å². The van der Waals surface area contributed by atoms with Crippen molar-refractivity contribution in [2.75, 3.05) is 5.73 Å². The standard InChI is InChI=1S/C16H14N2O/c17-16-9-3-6-13(18-16)11-12-5-1-2-7-14(12)15-8-4-10-19-15/h1-10H,11H2,(H2,17,18). The molecule has 94 valence electrons. The average Bonchev–Trinajstić information content (AvgIpc) is 2.93. The number of pyridine rings is 1. The Morgan fingerprint density at radius 2 is 1.84 bits per heavy atom. The third-order valence-corrected chi connectivity index (χ3v) is 3.00. The number of benzene rings is 1. The van der Waals surface area contributed by atoms with Crippen molar-refractivity contribution in [3.63, 3.8) is 0 Å². The maximum Gasteiger partial charge on any atom is 0.134 e. The van der Waals surface area contributed by atoms with Gasteiger partial charge in [-0.15, -0.1) is 0 Å². The molecule has 3 heteroatoms. The van der Waals surface area contributed by atoms with E-state index in [2.05, 4.69) is 17.1 Å². The molecule has 0 atom stereocenters. The summed E-state index contributed by atoms with van der Waals surface area (Å²) in [5, 5.41) is 0. The molecule has 0 unspecified atom stereocenters. The van der Waals surface area contributed by atoms with Crippen molar-refractivity contribution >= 4 is 5.82 Å². The van der Waals surface area contributed by atoms with Crippen LogP contribution in [0.1, 0.15) is 11.3 Å². The number of nitrogens with two attached hydrogens (primary N) is 1. The summed E-state index contributed by atoms with van der Waals surface area (Å²) >= 11 is 0. The minimum Gasteiger partial charge on any atom is -0.464 e. The second kappa shape index (κ2) is 4.98. The Hall–Kier alpha value is -2.55. The van der Waals surface area contributed by atoms with Crippen molar-refractivity contribution < 1.29 is 4.42 Å². The number of nitrogens with zero attached hydrogens (tertiary/aromatic N) is 1. The predicted molar refractivity (Wildman–Crippen MR) is 75.6 cm³/mol. The van der Waals surface area contributed by atoms with E-state index in [1.165, 1.54) is 5.56 Å². The molecule has 0 aliphatic carbocycles. The van der Waals surface area contributed by atoms with Crippen LogP contribution in [0.25, 0.3) is 11.3 Å². The van der Waals surface area contributed by atoms with E-state index in [-0.39, 0.29) is 0 Å². The minimum atomic E-state index is 0.549. The quantitative estimate of drug-likeness (QED) is 0.773. The molecule has 1 aromatic carbocycles. The Labute approximate surface area is 111 Å². The fraction of sp³-hybridized carbons (Fsp3) is 0.0625. The predicted octanol–water partition coefficient (Wildman–Crippen LogP) is 3.51. The molecule has 0 fully saturated rings. The van der Waals surface area contributed by atoms with Crippen molar-refractivity contribution in [1.29, 1.82) is 0 Å². The van der Waals surface area contributed by atoms with E-state index in [0.717, 1.165) is 23.4 Å². The first kappa shape index (κ1) is 11.5. The summed E-state index contributed by atoms with van der Waals surface area (Å²) in [5.41, 5.74) is 8.94. The molecule has 0 radical (unpaired) electrons. The van der Waals surface area contributed by atoms with E-state index < -0.39 is 0 Å². The molecule has 0 spiro atoms. The first-order chi connectivity index (χ1) is 9.33. The average molecular weight is 250 g/mol. The van der Waals surface area contributed by atoms with Gasteiger partial charge in [-0.05, 0) is 29.8 Å². The Balaban J connectivity index is 1.97. The highest BCUT2D eigenvalue weighted by molar-refractivity contribution is 5.62. The Morgan fingerprint density at radius 3 is 2.63 bits per heavy atom. The summed E-state index contributed by atoms with van der Waals surface area (Å²) in [6, 6.07) is 17.7. The summed E-state index contributed by atoms with van der Waals surface area (Å²) in [6.45, 7) is 0. The Bertz CT molecular complexity index is 675. The molecule has 2 N–H and O–H groups in total. The smallest absolute Gasteiger partial charge is 0.134 e. The van der Waals surface area contributed by atoms with Gasteiger partial charge in [0.15, 0.2) is 0 Å². The molecule has 2 aromatic heterocycles. The number of furan rings is 1. The van der Waals surface area contributed by atoms with Crippen LogP contribution in [0.2, 0.25) is 0 Å². The van der Waals surface area contributed by atoms with Gasteiger partial charge in [0.1, 0.15) is 11.6 Å². The van der Waals surface area contributed by atoms with Gasteiger partial charge < -0.3 is 10.2 Å². The van der Waals surface area contributed by atoms with Crippen molar-refractivity contribution in [2.45, 2.75) is 6.42 Å². The second-order valence-corrected chi connectivity index (χ2v) is 4.37. The van der Waals surface area contributed by atoms with Crippen LogP contribution < -0.4 is 5.73 Å². The van der Waals surface area contributed by atoms with E-state index in [0.29, 0.717) is 5.82 Å². The van der Waals surface area contributed by atoms with Gasteiger partial charge in [-0.3, -0.25) is 0 Å². The molecule has 0 aliphatic rings. The maximum absolute atomic E-state index is 5.72. The zero-order valence-electron chi connectivity index (χ0n) is 10.4. The van der Waals surface area contributed by atoms with Crippen molar-refractivity contribution in [3.05, 3.63) is 72.1 Å².